The first-order valence-corrected chi connectivity index (χ1v) is 10.9. The Morgan fingerprint density at radius 2 is 2.00 bits per heavy atom. The van der Waals surface area contributed by atoms with Crippen LogP contribution < -0.4 is 5.32 Å². The van der Waals surface area contributed by atoms with Crippen LogP contribution in [0.3, 0.4) is 0 Å². The van der Waals surface area contributed by atoms with Crippen molar-refractivity contribution in [2.45, 2.75) is 30.2 Å². The van der Waals surface area contributed by atoms with Crippen molar-refractivity contribution in [3.63, 3.8) is 0 Å². The van der Waals surface area contributed by atoms with E-state index in [1.165, 1.54) is 11.8 Å². The van der Waals surface area contributed by atoms with Crippen LogP contribution in [0.5, 0.6) is 0 Å². The number of benzene rings is 1. The highest BCUT2D eigenvalue weighted by molar-refractivity contribution is 7.99. The van der Waals surface area contributed by atoms with Crippen molar-refractivity contribution >= 4 is 45.1 Å². The number of amides is 1. The number of sulfone groups is 1. The Bertz CT molecular complexity index is 735. The molecule has 1 N–H and O–H groups in total. The second kappa shape index (κ2) is 8.42. The van der Waals surface area contributed by atoms with Crippen LogP contribution in [0.25, 0.3) is 0 Å². The minimum Gasteiger partial charge on any atom is -0.456 e. The first kappa shape index (κ1) is 20.1. The van der Waals surface area contributed by atoms with E-state index in [-0.39, 0.29) is 17.9 Å². The molecular formula is C16H20ClNO5S2. The molecule has 138 valence electrons. The van der Waals surface area contributed by atoms with Crippen molar-refractivity contribution < 1.29 is 22.7 Å². The van der Waals surface area contributed by atoms with E-state index >= 15 is 0 Å². The smallest absolute Gasteiger partial charge is 0.307 e. The van der Waals surface area contributed by atoms with Gasteiger partial charge in [-0.15, -0.1) is 11.8 Å². The lowest BCUT2D eigenvalue weighted by Gasteiger charge is -2.23. The van der Waals surface area contributed by atoms with Gasteiger partial charge in [-0.3, -0.25) is 9.59 Å². The van der Waals surface area contributed by atoms with E-state index in [0.29, 0.717) is 17.2 Å². The summed E-state index contributed by atoms with van der Waals surface area (Å²) in [7, 11) is -3.11. The molecule has 1 atom stereocenters. The summed E-state index contributed by atoms with van der Waals surface area (Å²) >= 11 is 7.29. The molecule has 25 heavy (non-hydrogen) atoms. The molecule has 9 heteroatoms. The van der Waals surface area contributed by atoms with Gasteiger partial charge in [-0.05, 0) is 37.6 Å². The third kappa shape index (κ3) is 6.87. The Morgan fingerprint density at radius 3 is 2.60 bits per heavy atom. The lowest BCUT2D eigenvalue weighted by molar-refractivity contribution is -0.148. The van der Waals surface area contributed by atoms with Crippen molar-refractivity contribution in [3.8, 4) is 0 Å². The molecule has 0 bridgehead atoms. The predicted octanol–water partition coefficient (Wildman–Crippen LogP) is 2.06. The van der Waals surface area contributed by atoms with Gasteiger partial charge in [0.05, 0.1) is 23.5 Å². The maximum absolute atomic E-state index is 11.8. The Balaban J connectivity index is 1.66. The normalized spacial score (nSPS) is 21.7. The number of hydrogen-bond donors (Lipinski definition) is 1. The van der Waals surface area contributed by atoms with Crippen LogP contribution in [0.4, 0.5) is 0 Å². The summed E-state index contributed by atoms with van der Waals surface area (Å²) < 4.78 is 27.9. The summed E-state index contributed by atoms with van der Waals surface area (Å²) in [5.74, 6) is -0.458. The molecule has 1 aromatic carbocycles. The van der Waals surface area contributed by atoms with Gasteiger partial charge in [0, 0.05) is 15.7 Å². The predicted molar refractivity (Wildman–Crippen MR) is 97.6 cm³/mol. The van der Waals surface area contributed by atoms with Gasteiger partial charge in [0.2, 0.25) is 0 Å². The largest absolute Gasteiger partial charge is 0.456 e. The average molecular weight is 406 g/mol. The summed E-state index contributed by atoms with van der Waals surface area (Å²) in [5, 5.41) is 3.29. The van der Waals surface area contributed by atoms with Crippen LogP contribution >= 0.6 is 23.4 Å². The molecule has 1 amide bonds. The lowest BCUT2D eigenvalue weighted by Crippen LogP contribution is -2.48. The van der Waals surface area contributed by atoms with Crippen molar-refractivity contribution in [2.24, 2.45) is 0 Å². The Hall–Kier alpha value is -1.25. The molecular weight excluding hydrogens is 386 g/mol. The third-order valence-corrected chi connectivity index (χ3v) is 6.87. The third-order valence-electron chi connectivity index (χ3n) is 3.70. The van der Waals surface area contributed by atoms with Crippen molar-refractivity contribution in [3.05, 3.63) is 29.3 Å². The first-order chi connectivity index (χ1) is 11.7. The number of rotatable bonds is 7. The van der Waals surface area contributed by atoms with Gasteiger partial charge in [0.1, 0.15) is 0 Å². The average Bonchev–Trinajstić information content (AvgIpc) is 2.80. The number of carbonyl (C=O) groups excluding carboxylic acids is 2. The van der Waals surface area contributed by atoms with Crippen LogP contribution in [0, 0.1) is 0 Å². The molecule has 1 aliphatic rings. The molecule has 0 unspecified atom stereocenters. The van der Waals surface area contributed by atoms with E-state index in [1.54, 1.807) is 19.1 Å². The van der Waals surface area contributed by atoms with Gasteiger partial charge in [0.15, 0.2) is 16.4 Å². The number of hydrogen-bond acceptors (Lipinski definition) is 6. The van der Waals surface area contributed by atoms with Gasteiger partial charge in [-0.25, -0.2) is 8.42 Å². The van der Waals surface area contributed by atoms with Gasteiger partial charge in [-0.2, -0.15) is 0 Å². The zero-order chi connectivity index (χ0) is 18.5. The quantitative estimate of drug-likeness (QED) is 0.551. The van der Waals surface area contributed by atoms with Crippen LogP contribution in [0.15, 0.2) is 29.2 Å². The van der Waals surface area contributed by atoms with Crippen LogP contribution in [0.2, 0.25) is 5.02 Å². The van der Waals surface area contributed by atoms with Crippen LogP contribution in [-0.4, -0.2) is 49.7 Å². The molecule has 0 spiro atoms. The van der Waals surface area contributed by atoms with E-state index in [9.17, 15) is 18.0 Å². The minimum atomic E-state index is -3.11. The zero-order valence-corrected chi connectivity index (χ0v) is 16.2. The number of halogens is 1. The van der Waals surface area contributed by atoms with Crippen molar-refractivity contribution in [1.82, 2.24) is 5.32 Å². The number of ether oxygens (including phenoxy) is 1. The second-order valence-corrected chi connectivity index (χ2v) is 9.95. The molecule has 2 rings (SSSR count). The van der Waals surface area contributed by atoms with Gasteiger partial charge >= 0.3 is 5.97 Å². The highest BCUT2D eigenvalue weighted by Crippen LogP contribution is 2.23. The molecule has 1 saturated heterocycles. The highest BCUT2D eigenvalue weighted by atomic mass is 35.5. The summed E-state index contributed by atoms with van der Waals surface area (Å²) in [6, 6.07) is 7.27. The second-order valence-electron chi connectivity index (χ2n) is 6.16. The lowest BCUT2D eigenvalue weighted by atomic mass is 10.0. The molecule has 0 radical (unpaired) electrons. The molecule has 0 saturated carbocycles. The Morgan fingerprint density at radius 1 is 1.32 bits per heavy atom. The Kier molecular flexibility index (Phi) is 6.76. The monoisotopic (exact) mass is 405 g/mol. The first-order valence-electron chi connectivity index (χ1n) is 7.73. The summed E-state index contributed by atoms with van der Waals surface area (Å²) in [6.45, 7) is 1.28. The van der Waals surface area contributed by atoms with E-state index in [4.69, 9.17) is 16.3 Å². The van der Waals surface area contributed by atoms with Crippen molar-refractivity contribution in [1.29, 1.82) is 0 Å². The fourth-order valence-corrected chi connectivity index (χ4v) is 5.54. The maximum atomic E-state index is 11.8. The van der Waals surface area contributed by atoms with Gasteiger partial charge in [-0.1, -0.05) is 11.6 Å². The topological polar surface area (TPSA) is 89.5 Å². The number of thioether (sulfide) groups is 1. The fourth-order valence-electron chi connectivity index (χ4n) is 2.48. The van der Waals surface area contributed by atoms with E-state index in [1.807, 2.05) is 12.1 Å². The summed E-state index contributed by atoms with van der Waals surface area (Å²) in [5.41, 5.74) is -0.785. The highest BCUT2D eigenvalue weighted by Gasteiger charge is 2.39. The molecule has 1 aromatic rings. The molecule has 0 aromatic heterocycles. The Labute approximate surface area is 156 Å². The maximum Gasteiger partial charge on any atom is 0.307 e. The summed E-state index contributed by atoms with van der Waals surface area (Å²) in [4.78, 5) is 24.5. The zero-order valence-electron chi connectivity index (χ0n) is 13.8. The molecule has 1 fully saturated rings. The van der Waals surface area contributed by atoms with Gasteiger partial charge < -0.3 is 10.1 Å². The van der Waals surface area contributed by atoms with Crippen LogP contribution in [-0.2, 0) is 24.2 Å². The number of carbonyl (C=O) groups is 2. The minimum absolute atomic E-state index is 0.0610. The molecule has 1 heterocycles. The van der Waals surface area contributed by atoms with Crippen molar-refractivity contribution in [2.75, 3.05) is 23.9 Å². The molecule has 6 nitrogen and oxygen atoms in total. The molecule has 0 aliphatic carbocycles. The molecule has 1 aliphatic heterocycles. The fraction of sp³-hybridized carbons (Fsp3) is 0.500. The van der Waals surface area contributed by atoms with Crippen LogP contribution in [0.1, 0.15) is 19.8 Å². The number of esters is 1. The van der Waals surface area contributed by atoms with Gasteiger partial charge in [0.25, 0.3) is 5.91 Å². The van der Waals surface area contributed by atoms with E-state index in [0.717, 1.165) is 4.90 Å². The SMILES string of the molecule is C[C@]1(NC(=O)COC(=O)CCSc2ccc(Cl)cc2)CCS(=O)(=O)C1. The van der Waals surface area contributed by atoms with E-state index in [2.05, 4.69) is 5.32 Å². The van der Waals surface area contributed by atoms with E-state index < -0.39 is 33.9 Å². The standard InChI is InChI=1S/C16H20ClNO5S2/c1-16(7-9-25(21,22)11-16)18-14(19)10-23-15(20)6-8-24-13-4-2-12(17)3-5-13/h2-5H,6-11H2,1H3,(H,18,19)/t16-/m0/s1. The number of nitrogens with one attached hydrogen (secondary N) is 1. The summed E-state index contributed by atoms with van der Waals surface area (Å²) in [6.07, 6.45) is 0.541.